The van der Waals surface area contributed by atoms with Gasteiger partial charge < -0.3 is 10.2 Å². The van der Waals surface area contributed by atoms with Crippen LogP contribution in [0.2, 0.25) is 0 Å². The lowest BCUT2D eigenvalue weighted by Gasteiger charge is -2.24. The molecule has 0 radical (unpaired) electrons. The van der Waals surface area contributed by atoms with Gasteiger partial charge in [0.15, 0.2) is 0 Å². The molecule has 2 aromatic rings. The molecule has 2 bridgehead atoms. The summed E-state index contributed by atoms with van der Waals surface area (Å²) in [4.78, 5) is 18.9. The lowest BCUT2D eigenvalue weighted by Crippen LogP contribution is -2.39. The molecule has 4 rings (SSSR count). The Labute approximate surface area is 159 Å². The van der Waals surface area contributed by atoms with Gasteiger partial charge in [-0.2, -0.15) is 13.2 Å². The number of hydrogen-bond donors (Lipinski definition) is 1. The number of carbonyl (C=O) groups is 1. The van der Waals surface area contributed by atoms with Gasteiger partial charge in [-0.3, -0.25) is 4.79 Å². The SMILES string of the molecule is O=C(Cc1csc(-c2cccc(C(F)(F)F)c2)n1)N1CCC2CCC(C1)N2. The third-order valence-corrected chi connectivity index (χ3v) is 6.14. The van der Waals surface area contributed by atoms with Gasteiger partial charge in [0.25, 0.3) is 0 Å². The zero-order valence-corrected chi connectivity index (χ0v) is 15.4. The Bertz CT molecular complexity index is 836. The number of fused-ring (bicyclic) bond motifs is 2. The Hall–Kier alpha value is -1.93. The normalized spacial score (nSPS) is 22.7. The van der Waals surface area contributed by atoms with Gasteiger partial charge in [-0.15, -0.1) is 11.3 Å². The molecule has 1 amide bonds. The lowest BCUT2D eigenvalue weighted by atomic mass is 10.1. The fourth-order valence-corrected chi connectivity index (χ4v) is 4.60. The zero-order valence-electron chi connectivity index (χ0n) is 14.6. The van der Waals surface area contributed by atoms with Crippen molar-refractivity contribution < 1.29 is 18.0 Å². The van der Waals surface area contributed by atoms with E-state index >= 15 is 0 Å². The van der Waals surface area contributed by atoms with E-state index in [0.717, 1.165) is 38.1 Å². The van der Waals surface area contributed by atoms with E-state index in [9.17, 15) is 18.0 Å². The molecule has 4 nitrogen and oxygen atoms in total. The van der Waals surface area contributed by atoms with Crippen molar-refractivity contribution >= 4 is 17.2 Å². The van der Waals surface area contributed by atoms with Gasteiger partial charge in [-0.05, 0) is 31.4 Å². The predicted molar refractivity (Wildman–Crippen MR) is 97.4 cm³/mol. The molecule has 2 atom stereocenters. The Morgan fingerprint density at radius 2 is 2.07 bits per heavy atom. The van der Waals surface area contributed by atoms with E-state index in [1.807, 2.05) is 4.90 Å². The van der Waals surface area contributed by atoms with Crippen LogP contribution in [0.1, 0.15) is 30.5 Å². The summed E-state index contributed by atoms with van der Waals surface area (Å²) in [6.45, 7) is 1.47. The fourth-order valence-electron chi connectivity index (χ4n) is 3.79. The van der Waals surface area contributed by atoms with Crippen LogP contribution in [0.25, 0.3) is 10.6 Å². The second kappa shape index (κ2) is 7.24. The number of nitrogens with zero attached hydrogens (tertiary/aromatic N) is 2. The van der Waals surface area contributed by atoms with Crippen LogP contribution in [-0.2, 0) is 17.4 Å². The molecule has 0 aliphatic carbocycles. The van der Waals surface area contributed by atoms with Crippen molar-refractivity contribution in [3.8, 4) is 10.6 Å². The summed E-state index contributed by atoms with van der Waals surface area (Å²) in [7, 11) is 0. The minimum absolute atomic E-state index is 0.0326. The third kappa shape index (κ3) is 4.16. The van der Waals surface area contributed by atoms with Gasteiger partial charge in [0.05, 0.1) is 17.7 Å². The van der Waals surface area contributed by atoms with Gasteiger partial charge in [-0.25, -0.2) is 4.98 Å². The van der Waals surface area contributed by atoms with E-state index in [1.165, 1.54) is 23.8 Å². The predicted octanol–water partition coefficient (Wildman–Crippen LogP) is 3.72. The summed E-state index contributed by atoms with van der Waals surface area (Å²) in [5, 5.41) is 5.81. The van der Waals surface area contributed by atoms with Crippen molar-refractivity contribution in [2.45, 2.75) is 43.9 Å². The maximum atomic E-state index is 12.9. The lowest BCUT2D eigenvalue weighted by molar-refractivity contribution is -0.137. The monoisotopic (exact) mass is 395 g/mol. The van der Waals surface area contributed by atoms with Crippen LogP contribution in [0.4, 0.5) is 13.2 Å². The average molecular weight is 395 g/mol. The number of alkyl halides is 3. The first-order valence-electron chi connectivity index (χ1n) is 9.04. The number of aromatic nitrogens is 1. The molecule has 3 heterocycles. The highest BCUT2D eigenvalue weighted by molar-refractivity contribution is 7.13. The summed E-state index contributed by atoms with van der Waals surface area (Å²) >= 11 is 1.27. The Balaban J connectivity index is 1.44. The Kier molecular flexibility index (Phi) is 4.94. The second-order valence-electron chi connectivity index (χ2n) is 7.17. The maximum Gasteiger partial charge on any atom is 0.416 e. The molecule has 2 aliphatic heterocycles. The smallest absolute Gasteiger partial charge is 0.341 e. The number of thiazole rings is 1. The van der Waals surface area contributed by atoms with Crippen LogP contribution >= 0.6 is 11.3 Å². The topological polar surface area (TPSA) is 45.2 Å². The van der Waals surface area contributed by atoms with E-state index in [2.05, 4.69) is 10.3 Å². The quantitative estimate of drug-likeness (QED) is 0.862. The molecule has 2 unspecified atom stereocenters. The largest absolute Gasteiger partial charge is 0.416 e. The number of halogens is 3. The molecular formula is C19H20F3N3OS. The first-order valence-corrected chi connectivity index (χ1v) is 9.92. The van der Waals surface area contributed by atoms with E-state index in [4.69, 9.17) is 0 Å². The van der Waals surface area contributed by atoms with Gasteiger partial charge in [0, 0.05) is 36.1 Å². The number of nitrogens with one attached hydrogen (secondary N) is 1. The van der Waals surface area contributed by atoms with Gasteiger partial charge in [0.2, 0.25) is 5.91 Å². The number of amides is 1. The number of benzene rings is 1. The maximum absolute atomic E-state index is 12.9. The summed E-state index contributed by atoms with van der Waals surface area (Å²) in [5.74, 6) is 0.0326. The van der Waals surface area contributed by atoms with Crippen LogP contribution in [-0.4, -0.2) is 41.0 Å². The number of hydrogen-bond acceptors (Lipinski definition) is 4. The Morgan fingerprint density at radius 3 is 2.89 bits per heavy atom. The van der Waals surface area contributed by atoms with E-state index in [-0.39, 0.29) is 12.3 Å². The van der Waals surface area contributed by atoms with Crippen LogP contribution in [0.3, 0.4) is 0 Å². The second-order valence-corrected chi connectivity index (χ2v) is 8.02. The molecule has 0 spiro atoms. The highest BCUT2D eigenvalue weighted by atomic mass is 32.1. The molecule has 144 valence electrons. The van der Waals surface area contributed by atoms with E-state index in [1.54, 1.807) is 11.4 Å². The number of likely N-dealkylation sites (tertiary alicyclic amines) is 1. The van der Waals surface area contributed by atoms with Gasteiger partial charge in [-0.1, -0.05) is 12.1 Å². The molecule has 1 aromatic carbocycles. The Morgan fingerprint density at radius 1 is 1.26 bits per heavy atom. The molecule has 27 heavy (non-hydrogen) atoms. The van der Waals surface area contributed by atoms with Crippen molar-refractivity contribution in [3.63, 3.8) is 0 Å². The van der Waals surface area contributed by atoms with E-state index < -0.39 is 11.7 Å². The van der Waals surface area contributed by atoms with Crippen molar-refractivity contribution in [1.29, 1.82) is 0 Å². The number of rotatable bonds is 3. The summed E-state index contributed by atoms with van der Waals surface area (Å²) in [6, 6.07) is 6.02. The summed E-state index contributed by atoms with van der Waals surface area (Å²) in [6.07, 6.45) is -0.947. The summed E-state index contributed by atoms with van der Waals surface area (Å²) < 4.78 is 38.7. The van der Waals surface area contributed by atoms with Gasteiger partial charge in [0.1, 0.15) is 5.01 Å². The molecule has 8 heteroatoms. The molecule has 1 N–H and O–H groups in total. The molecule has 2 saturated heterocycles. The molecule has 2 aliphatic rings. The van der Waals surface area contributed by atoms with Crippen LogP contribution in [0.15, 0.2) is 29.6 Å². The average Bonchev–Trinajstić information content (AvgIpc) is 3.20. The molecular weight excluding hydrogens is 375 g/mol. The molecule has 2 fully saturated rings. The van der Waals surface area contributed by atoms with Gasteiger partial charge >= 0.3 is 6.18 Å². The zero-order chi connectivity index (χ0) is 19.0. The summed E-state index contributed by atoms with van der Waals surface area (Å²) in [5.41, 5.74) is 0.338. The first-order chi connectivity index (χ1) is 12.9. The first kappa shape index (κ1) is 18.4. The molecule has 0 saturated carbocycles. The van der Waals surface area contributed by atoms with E-state index in [0.29, 0.717) is 28.3 Å². The third-order valence-electron chi connectivity index (χ3n) is 5.20. The van der Waals surface area contributed by atoms with Crippen molar-refractivity contribution in [2.75, 3.05) is 13.1 Å². The minimum Gasteiger partial charge on any atom is -0.341 e. The fraction of sp³-hybridized carbons (Fsp3) is 0.474. The van der Waals surface area contributed by atoms with Crippen molar-refractivity contribution in [3.05, 3.63) is 40.9 Å². The minimum atomic E-state index is -4.38. The highest BCUT2D eigenvalue weighted by Gasteiger charge is 2.32. The van der Waals surface area contributed by atoms with Crippen molar-refractivity contribution in [2.24, 2.45) is 0 Å². The standard InChI is InChI=1S/C19H20F3N3OS/c20-19(21,22)13-3-1-2-12(8-13)18-24-16(11-27-18)9-17(26)25-7-6-14-4-5-15(10-25)23-14/h1-3,8,11,14-15,23H,4-7,9-10H2. The van der Waals surface area contributed by atoms with Crippen LogP contribution < -0.4 is 5.32 Å². The number of carbonyl (C=O) groups excluding carboxylic acids is 1. The van der Waals surface area contributed by atoms with Crippen LogP contribution in [0, 0.1) is 0 Å². The van der Waals surface area contributed by atoms with Crippen LogP contribution in [0.5, 0.6) is 0 Å². The highest BCUT2D eigenvalue weighted by Crippen LogP contribution is 2.33. The van der Waals surface area contributed by atoms with Crippen molar-refractivity contribution in [1.82, 2.24) is 15.2 Å². The molecule has 1 aromatic heterocycles.